The number of rotatable bonds is 1. The molecule has 4 aliphatic carbocycles. The first kappa shape index (κ1) is 16.8. The third-order valence-corrected chi connectivity index (χ3v) is 8.90. The minimum atomic E-state index is -0.0619. The van der Waals surface area contributed by atoms with E-state index in [1.165, 1.54) is 43.3 Å². The number of aliphatic hydroxyl groups excluding tert-OH is 1. The predicted octanol–water partition coefficient (Wildman–Crippen LogP) is 4.91. The lowest BCUT2D eigenvalue weighted by atomic mass is 9.44. The van der Waals surface area contributed by atoms with Crippen LogP contribution < -0.4 is 0 Å². The van der Waals surface area contributed by atoms with Gasteiger partial charge < -0.3 is 5.11 Å². The van der Waals surface area contributed by atoms with E-state index in [-0.39, 0.29) is 11.5 Å². The number of Topliss-reactive ketones (excluding diaryl/α,β-unsaturated/α-hetero) is 1. The second-order valence-corrected chi connectivity index (χ2v) is 9.96. The van der Waals surface area contributed by atoms with Crippen LogP contribution in [-0.2, 0) is 4.79 Å². The molecule has 0 aromatic rings. The third-order valence-electron chi connectivity index (χ3n) is 8.90. The van der Waals surface area contributed by atoms with E-state index in [9.17, 15) is 9.90 Å². The minimum absolute atomic E-state index is 0.0619. The van der Waals surface area contributed by atoms with E-state index in [1.54, 1.807) is 6.92 Å². The van der Waals surface area contributed by atoms with Crippen LogP contribution >= 0.6 is 0 Å². The molecule has 7 atom stereocenters. The molecular formula is C22H34O2. The van der Waals surface area contributed by atoms with Crippen molar-refractivity contribution in [2.24, 2.45) is 34.5 Å². The van der Waals surface area contributed by atoms with Gasteiger partial charge in [-0.05, 0) is 105 Å². The monoisotopic (exact) mass is 330 g/mol. The SMILES string of the molecule is CC(=O)C1=C(C)C[C@H]2[C@@H]3CC[C@H]4C[C@@H](O)CC[C@]4(C)[C@H]3CC[C@]12C. The molecule has 0 amide bonds. The van der Waals surface area contributed by atoms with Gasteiger partial charge in [-0.15, -0.1) is 0 Å². The van der Waals surface area contributed by atoms with Crippen LogP contribution in [0.1, 0.15) is 79.1 Å². The van der Waals surface area contributed by atoms with Gasteiger partial charge in [0.1, 0.15) is 0 Å². The Hall–Kier alpha value is -0.630. The van der Waals surface area contributed by atoms with E-state index in [0.717, 1.165) is 37.0 Å². The molecule has 0 aromatic carbocycles. The van der Waals surface area contributed by atoms with E-state index in [1.807, 2.05) is 0 Å². The van der Waals surface area contributed by atoms with Crippen LogP contribution in [-0.4, -0.2) is 17.0 Å². The fourth-order valence-electron chi connectivity index (χ4n) is 7.86. The van der Waals surface area contributed by atoms with Gasteiger partial charge in [0, 0.05) is 0 Å². The van der Waals surface area contributed by atoms with Gasteiger partial charge in [-0.25, -0.2) is 0 Å². The average molecular weight is 331 g/mol. The number of allylic oxidation sites excluding steroid dienone is 2. The molecular weight excluding hydrogens is 296 g/mol. The average Bonchev–Trinajstić information content (AvgIpc) is 2.78. The predicted molar refractivity (Wildman–Crippen MR) is 96.5 cm³/mol. The van der Waals surface area contributed by atoms with Gasteiger partial charge in [-0.3, -0.25) is 4.79 Å². The molecule has 4 rings (SSSR count). The van der Waals surface area contributed by atoms with Gasteiger partial charge in [0.15, 0.2) is 5.78 Å². The Bertz CT molecular complexity index is 591. The number of carbonyl (C=O) groups is 1. The van der Waals surface area contributed by atoms with Gasteiger partial charge in [0.2, 0.25) is 0 Å². The molecule has 2 heteroatoms. The largest absolute Gasteiger partial charge is 0.393 e. The van der Waals surface area contributed by atoms with Gasteiger partial charge in [-0.1, -0.05) is 19.4 Å². The van der Waals surface area contributed by atoms with Gasteiger partial charge >= 0.3 is 0 Å². The van der Waals surface area contributed by atoms with Crippen LogP contribution in [0.15, 0.2) is 11.1 Å². The molecule has 3 saturated carbocycles. The Morgan fingerprint density at radius 3 is 2.54 bits per heavy atom. The molecule has 0 spiro atoms. The first-order valence-corrected chi connectivity index (χ1v) is 10.2. The fraction of sp³-hybridized carbons (Fsp3) is 0.864. The van der Waals surface area contributed by atoms with Crippen molar-refractivity contribution in [1.82, 2.24) is 0 Å². The van der Waals surface area contributed by atoms with E-state index >= 15 is 0 Å². The summed E-state index contributed by atoms with van der Waals surface area (Å²) in [6, 6.07) is 0. The van der Waals surface area contributed by atoms with Crippen LogP contribution in [0, 0.1) is 34.5 Å². The van der Waals surface area contributed by atoms with Crippen molar-refractivity contribution in [3.8, 4) is 0 Å². The second kappa shape index (κ2) is 5.43. The number of fused-ring (bicyclic) bond motifs is 5. The lowest BCUT2D eigenvalue weighted by Gasteiger charge is -2.60. The smallest absolute Gasteiger partial charge is 0.156 e. The molecule has 0 bridgehead atoms. The summed E-state index contributed by atoms with van der Waals surface area (Å²) in [4.78, 5) is 12.3. The maximum Gasteiger partial charge on any atom is 0.156 e. The first-order chi connectivity index (χ1) is 11.3. The van der Waals surface area contributed by atoms with Crippen molar-refractivity contribution >= 4 is 5.78 Å². The molecule has 3 fully saturated rings. The lowest BCUT2D eigenvalue weighted by molar-refractivity contribution is -0.124. The van der Waals surface area contributed by atoms with Crippen molar-refractivity contribution in [2.45, 2.75) is 85.2 Å². The summed E-state index contributed by atoms with van der Waals surface area (Å²) in [6.07, 6.45) is 9.39. The molecule has 24 heavy (non-hydrogen) atoms. The maximum absolute atomic E-state index is 12.3. The summed E-state index contributed by atoms with van der Waals surface area (Å²) in [5.41, 5.74) is 3.12. The van der Waals surface area contributed by atoms with Crippen molar-refractivity contribution in [3.05, 3.63) is 11.1 Å². The highest BCUT2D eigenvalue weighted by Gasteiger charge is 2.59. The zero-order valence-corrected chi connectivity index (χ0v) is 15.9. The Kier molecular flexibility index (Phi) is 3.81. The Labute approximate surface area is 147 Å². The molecule has 0 aliphatic heterocycles. The summed E-state index contributed by atoms with van der Waals surface area (Å²) in [5.74, 6) is 3.30. The zero-order chi connectivity index (χ0) is 17.3. The summed E-state index contributed by atoms with van der Waals surface area (Å²) >= 11 is 0. The fourth-order valence-corrected chi connectivity index (χ4v) is 7.86. The van der Waals surface area contributed by atoms with E-state index in [2.05, 4.69) is 20.8 Å². The van der Waals surface area contributed by atoms with Gasteiger partial charge in [0.05, 0.1) is 6.10 Å². The Morgan fingerprint density at radius 2 is 1.83 bits per heavy atom. The summed E-state index contributed by atoms with van der Waals surface area (Å²) in [7, 11) is 0. The minimum Gasteiger partial charge on any atom is -0.393 e. The number of hydrogen-bond donors (Lipinski definition) is 1. The summed E-state index contributed by atoms with van der Waals surface area (Å²) in [6.45, 7) is 8.91. The second-order valence-electron chi connectivity index (χ2n) is 9.96. The molecule has 4 aliphatic rings. The van der Waals surface area contributed by atoms with Crippen molar-refractivity contribution in [2.75, 3.05) is 0 Å². The van der Waals surface area contributed by atoms with Crippen molar-refractivity contribution in [1.29, 1.82) is 0 Å². The summed E-state index contributed by atoms with van der Waals surface area (Å²) < 4.78 is 0. The molecule has 0 unspecified atom stereocenters. The van der Waals surface area contributed by atoms with Crippen LogP contribution in [0.4, 0.5) is 0 Å². The zero-order valence-electron chi connectivity index (χ0n) is 15.9. The van der Waals surface area contributed by atoms with Crippen LogP contribution in [0.5, 0.6) is 0 Å². The molecule has 0 heterocycles. The first-order valence-electron chi connectivity index (χ1n) is 10.2. The maximum atomic E-state index is 12.3. The highest BCUT2D eigenvalue weighted by atomic mass is 16.3. The summed E-state index contributed by atoms with van der Waals surface area (Å²) in [5, 5.41) is 10.1. The van der Waals surface area contributed by atoms with Gasteiger partial charge in [-0.2, -0.15) is 0 Å². The highest BCUT2D eigenvalue weighted by molar-refractivity contribution is 5.96. The van der Waals surface area contributed by atoms with E-state index in [4.69, 9.17) is 0 Å². The number of ketones is 1. The Morgan fingerprint density at radius 1 is 1.08 bits per heavy atom. The number of carbonyl (C=O) groups excluding carboxylic acids is 1. The van der Waals surface area contributed by atoms with Crippen LogP contribution in [0.25, 0.3) is 0 Å². The molecule has 0 saturated heterocycles. The molecule has 1 N–H and O–H groups in total. The quantitative estimate of drug-likeness (QED) is 0.742. The van der Waals surface area contributed by atoms with E-state index in [0.29, 0.717) is 17.1 Å². The van der Waals surface area contributed by atoms with Gasteiger partial charge in [0.25, 0.3) is 0 Å². The standard InChI is InChI=1S/C22H34O2/c1-13-11-19-17-6-5-15-12-16(24)7-9-21(15,3)18(17)8-10-22(19,4)20(13)14(2)23/h15-19,24H,5-12H2,1-4H3/t15-,16-,17+,18-,19-,21-,22-/m0/s1. The van der Waals surface area contributed by atoms with Crippen molar-refractivity contribution in [3.63, 3.8) is 0 Å². The van der Waals surface area contributed by atoms with Crippen LogP contribution in [0.2, 0.25) is 0 Å². The number of aliphatic hydroxyl groups is 1. The molecule has 2 nitrogen and oxygen atoms in total. The normalized spacial score (nSPS) is 51.0. The lowest BCUT2D eigenvalue weighted by Crippen LogP contribution is -2.53. The molecule has 0 radical (unpaired) electrons. The topological polar surface area (TPSA) is 37.3 Å². The molecule has 134 valence electrons. The Balaban J connectivity index is 1.65. The van der Waals surface area contributed by atoms with E-state index < -0.39 is 0 Å². The highest BCUT2D eigenvalue weighted by Crippen LogP contribution is 2.67. The molecule has 0 aromatic heterocycles. The van der Waals surface area contributed by atoms with Crippen molar-refractivity contribution < 1.29 is 9.90 Å². The third kappa shape index (κ3) is 2.14. The number of hydrogen-bond acceptors (Lipinski definition) is 2. The van der Waals surface area contributed by atoms with Crippen LogP contribution in [0.3, 0.4) is 0 Å².